The first-order valence-electron chi connectivity index (χ1n) is 4.10. The van der Waals surface area contributed by atoms with Crippen molar-refractivity contribution in [2.75, 3.05) is 0 Å². The number of hydrogen-bond acceptors (Lipinski definition) is 3. The van der Waals surface area contributed by atoms with Crippen LogP contribution in [-0.4, -0.2) is 11.7 Å². The fraction of sp³-hybridized carbons (Fsp3) is 0.200. The number of carbonyl (C=O) groups excluding carboxylic acids is 1. The second-order valence-electron chi connectivity index (χ2n) is 2.99. The summed E-state index contributed by atoms with van der Waals surface area (Å²) < 4.78 is 0. The van der Waals surface area contributed by atoms with Crippen LogP contribution in [0.1, 0.15) is 17.5 Å². The van der Waals surface area contributed by atoms with Gasteiger partial charge in [-0.15, -0.1) is 0 Å². The van der Waals surface area contributed by atoms with Crippen LogP contribution >= 0.6 is 0 Å². The zero-order valence-corrected chi connectivity index (χ0v) is 7.28. The minimum absolute atomic E-state index is 0.279. The van der Waals surface area contributed by atoms with Crippen molar-refractivity contribution < 1.29 is 9.63 Å². The molecule has 0 saturated carbocycles. The summed E-state index contributed by atoms with van der Waals surface area (Å²) in [6.07, 6.45) is 0.283. The fourth-order valence-electron chi connectivity index (χ4n) is 1.35. The topological polar surface area (TPSA) is 38.7 Å². The fourth-order valence-corrected chi connectivity index (χ4v) is 1.35. The molecule has 1 heterocycles. The maximum Gasteiger partial charge on any atom is 0.341 e. The monoisotopic (exact) mass is 175 g/mol. The van der Waals surface area contributed by atoms with Crippen LogP contribution in [0.2, 0.25) is 0 Å². The van der Waals surface area contributed by atoms with Crippen molar-refractivity contribution in [2.45, 2.75) is 13.3 Å². The van der Waals surface area contributed by atoms with Gasteiger partial charge < -0.3 is 4.84 Å². The van der Waals surface area contributed by atoms with Gasteiger partial charge >= 0.3 is 5.97 Å². The van der Waals surface area contributed by atoms with E-state index in [0.717, 1.165) is 16.8 Å². The lowest BCUT2D eigenvalue weighted by Gasteiger charge is -2.00. The Balaban J connectivity index is 2.37. The molecule has 0 amide bonds. The number of benzene rings is 1. The van der Waals surface area contributed by atoms with E-state index in [0.29, 0.717) is 0 Å². The van der Waals surface area contributed by atoms with E-state index >= 15 is 0 Å². The van der Waals surface area contributed by atoms with Crippen LogP contribution in [0.5, 0.6) is 0 Å². The Kier molecular flexibility index (Phi) is 1.85. The Labute approximate surface area is 76.0 Å². The van der Waals surface area contributed by atoms with Crippen LogP contribution < -0.4 is 0 Å². The van der Waals surface area contributed by atoms with Gasteiger partial charge in [-0.25, -0.2) is 4.79 Å². The first-order valence-corrected chi connectivity index (χ1v) is 4.10. The maximum absolute atomic E-state index is 10.8. The standard InChI is InChI=1S/C10H9NO2/c1-7-4-2-3-5-8(7)9-6-10(12)13-11-9/h2-5H,6H2,1H3. The van der Waals surface area contributed by atoms with Gasteiger partial charge in [-0.2, -0.15) is 0 Å². The lowest BCUT2D eigenvalue weighted by atomic mass is 10.0. The predicted octanol–water partition coefficient (Wildman–Crippen LogP) is 1.65. The molecule has 0 spiro atoms. The summed E-state index contributed by atoms with van der Waals surface area (Å²) in [5.41, 5.74) is 2.83. The number of rotatable bonds is 1. The lowest BCUT2D eigenvalue weighted by molar-refractivity contribution is -0.140. The molecule has 0 unspecified atom stereocenters. The number of hydrogen-bond donors (Lipinski definition) is 0. The molecular formula is C10H9NO2. The van der Waals surface area contributed by atoms with Crippen molar-refractivity contribution in [1.82, 2.24) is 0 Å². The average Bonchev–Trinajstić information content (AvgIpc) is 2.53. The van der Waals surface area contributed by atoms with Crippen LogP contribution in [0.15, 0.2) is 29.4 Å². The molecule has 0 bridgehead atoms. The molecule has 1 aliphatic heterocycles. The summed E-state index contributed by atoms with van der Waals surface area (Å²) in [6.45, 7) is 1.99. The Morgan fingerprint density at radius 3 is 2.77 bits per heavy atom. The SMILES string of the molecule is Cc1ccccc1C1=NOC(=O)C1. The molecule has 1 aromatic carbocycles. The van der Waals surface area contributed by atoms with Gasteiger partial charge in [0.1, 0.15) is 0 Å². The average molecular weight is 175 g/mol. The second kappa shape index (κ2) is 3.01. The highest BCUT2D eigenvalue weighted by atomic mass is 16.7. The molecule has 0 saturated heterocycles. The molecule has 2 rings (SSSR count). The quantitative estimate of drug-likeness (QED) is 0.608. The molecule has 0 atom stereocenters. The lowest BCUT2D eigenvalue weighted by Crippen LogP contribution is -2.02. The molecular weight excluding hydrogens is 166 g/mol. The summed E-state index contributed by atoms with van der Waals surface area (Å²) in [5.74, 6) is -0.279. The predicted molar refractivity (Wildman–Crippen MR) is 48.4 cm³/mol. The third-order valence-electron chi connectivity index (χ3n) is 2.03. The van der Waals surface area contributed by atoms with Crippen LogP contribution in [0.4, 0.5) is 0 Å². The largest absolute Gasteiger partial charge is 0.341 e. The highest BCUT2D eigenvalue weighted by Gasteiger charge is 2.19. The van der Waals surface area contributed by atoms with E-state index < -0.39 is 0 Å². The van der Waals surface area contributed by atoms with Crippen molar-refractivity contribution in [2.24, 2.45) is 5.16 Å². The molecule has 13 heavy (non-hydrogen) atoms. The molecule has 0 aromatic heterocycles. The molecule has 0 N–H and O–H groups in total. The van der Waals surface area contributed by atoms with Gasteiger partial charge in [0.2, 0.25) is 0 Å². The van der Waals surface area contributed by atoms with Gasteiger partial charge in [0.25, 0.3) is 0 Å². The third kappa shape index (κ3) is 1.45. The van der Waals surface area contributed by atoms with Crippen molar-refractivity contribution in [1.29, 1.82) is 0 Å². The molecule has 66 valence electrons. The molecule has 1 aliphatic rings. The highest BCUT2D eigenvalue weighted by Crippen LogP contribution is 2.15. The Bertz CT molecular complexity index is 382. The van der Waals surface area contributed by atoms with Gasteiger partial charge in [0.05, 0.1) is 12.1 Å². The Morgan fingerprint density at radius 2 is 2.15 bits per heavy atom. The second-order valence-corrected chi connectivity index (χ2v) is 2.99. The van der Waals surface area contributed by atoms with Gasteiger partial charge in [-0.05, 0) is 12.5 Å². The zero-order valence-electron chi connectivity index (χ0n) is 7.28. The van der Waals surface area contributed by atoms with Gasteiger partial charge in [-0.1, -0.05) is 29.4 Å². The van der Waals surface area contributed by atoms with Crippen LogP contribution in [0.3, 0.4) is 0 Å². The third-order valence-corrected chi connectivity index (χ3v) is 2.03. The normalized spacial score (nSPS) is 15.5. The van der Waals surface area contributed by atoms with E-state index in [9.17, 15) is 4.79 Å². The van der Waals surface area contributed by atoms with E-state index in [2.05, 4.69) is 9.99 Å². The highest BCUT2D eigenvalue weighted by molar-refractivity contribution is 6.12. The summed E-state index contributed by atoms with van der Waals surface area (Å²) in [4.78, 5) is 15.3. The molecule has 0 aliphatic carbocycles. The minimum Gasteiger partial charge on any atom is -0.318 e. The molecule has 1 aromatic rings. The van der Waals surface area contributed by atoms with E-state index in [4.69, 9.17) is 0 Å². The van der Waals surface area contributed by atoms with Crippen molar-refractivity contribution in [3.05, 3.63) is 35.4 Å². The summed E-state index contributed by atoms with van der Waals surface area (Å²) in [6, 6.07) is 7.81. The molecule has 3 heteroatoms. The smallest absolute Gasteiger partial charge is 0.318 e. The van der Waals surface area contributed by atoms with Crippen LogP contribution in [-0.2, 0) is 9.63 Å². The summed E-state index contributed by atoms with van der Waals surface area (Å²) in [5, 5.41) is 3.71. The Morgan fingerprint density at radius 1 is 1.38 bits per heavy atom. The summed E-state index contributed by atoms with van der Waals surface area (Å²) >= 11 is 0. The number of oxime groups is 1. The van der Waals surface area contributed by atoms with Crippen LogP contribution in [0.25, 0.3) is 0 Å². The van der Waals surface area contributed by atoms with Gasteiger partial charge in [0, 0.05) is 5.56 Å². The molecule has 3 nitrogen and oxygen atoms in total. The number of carbonyl (C=O) groups is 1. The van der Waals surface area contributed by atoms with Crippen molar-refractivity contribution in [3.8, 4) is 0 Å². The maximum atomic E-state index is 10.8. The first kappa shape index (κ1) is 7.98. The zero-order chi connectivity index (χ0) is 9.26. The van der Waals surface area contributed by atoms with E-state index in [-0.39, 0.29) is 12.4 Å². The van der Waals surface area contributed by atoms with Crippen molar-refractivity contribution in [3.63, 3.8) is 0 Å². The molecule has 0 radical (unpaired) electrons. The first-order chi connectivity index (χ1) is 6.27. The number of nitrogens with zero attached hydrogens (tertiary/aromatic N) is 1. The van der Waals surface area contributed by atoms with Gasteiger partial charge in [0.15, 0.2) is 0 Å². The summed E-state index contributed by atoms with van der Waals surface area (Å²) in [7, 11) is 0. The Hall–Kier alpha value is -1.64. The minimum atomic E-state index is -0.279. The van der Waals surface area contributed by atoms with E-state index in [1.54, 1.807) is 0 Å². The number of aryl methyl sites for hydroxylation is 1. The van der Waals surface area contributed by atoms with E-state index in [1.165, 1.54) is 0 Å². The van der Waals surface area contributed by atoms with Crippen LogP contribution in [0, 0.1) is 6.92 Å². The van der Waals surface area contributed by atoms with E-state index in [1.807, 2.05) is 31.2 Å². The molecule has 0 fully saturated rings. The van der Waals surface area contributed by atoms with Gasteiger partial charge in [-0.3, -0.25) is 0 Å². The van der Waals surface area contributed by atoms with Crippen molar-refractivity contribution >= 4 is 11.7 Å².